The summed E-state index contributed by atoms with van der Waals surface area (Å²) in [5, 5.41) is 1.71. The van der Waals surface area contributed by atoms with Gasteiger partial charge in [0.05, 0.1) is 7.11 Å². The van der Waals surface area contributed by atoms with Crippen molar-refractivity contribution in [2.45, 2.75) is 11.4 Å². The summed E-state index contributed by atoms with van der Waals surface area (Å²) in [7, 11) is -0.190. The standard InChI is InChI=1S/C13H22N4O3S/c1-16-5-7-17(8-6-16)15-21(18,19)13-4-3-11(10-14)9-12(13)20-2/h3-4,9,15H,5-8,10,14H2,1-2H3. The van der Waals surface area contributed by atoms with Crippen LogP contribution in [0.25, 0.3) is 0 Å². The zero-order valence-corrected chi connectivity index (χ0v) is 13.2. The molecule has 3 N–H and O–H groups in total. The lowest BCUT2D eigenvalue weighted by molar-refractivity contribution is 0.134. The van der Waals surface area contributed by atoms with Crippen molar-refractivity contribution < 1.29 is 13.2 Å². The van der Waals surface area contributed by atoms with Gasteiger partial charge in [0, 0.05) is 32.7 Å². The van der Waals surface area contributed by atoms with Gasteiger partial charge in [0.15, 0.2) is 0 Å². The first-order valence-electron chi connectivity index (χ1n) is 6.79. The average molecular weight is 314 g/mol. The lowest BCUT2D eigenvalue weighted by Crippen LogP contribution is -2.52. The fraction of sp³-hybridized carbons (Fsp3) is 0.538. The Morgan fingerprint density at radius 3 is 2.52 bits per heavy atom. The number of methoxy groups -OCH3 is 1. The van der Waals surface area contributed by atoms with E-state index < -0.39 is 10.0 Å². The third-order valence-electron chi connectivity index (χ3n) is 3.51. The maximum absolute atomic E-state index is 12.5. The van der Waals surface area contributed by atoms with E-state index in [1.807, 2.05) is 7.05 Å². The molecule has 0 aliphatic carbocycles. The van der Waals surface area contributed by atoms with Gasteiger partial charge in [-0.15, -0.1) is 4.83 Å². The van der Waals surface area contributed by atoms with Gasteiger partial charge in [0.2, 0.25) is 0 Å². The van der Waals surface area contributed by atoms with E-state index in [2.05, 4.69) is 9.73 Å². The highest BCUT2D eigenvalue weighted by Gasteiger charge is 2.24. The maximum atomic E-state index is 12.5. The summed E-state index contributed by atoms with van der Waals surface area (Å²) in [5.74, 6) is 0.305. The quantitative estimate of drug-likeness (QED) is 0.768. The van der Waals surface area contributed by atoms with Crippen LogP contribution in [0, 0.1) is 0 Å². The molecule has 1 fully saturated rings. The molecule has 0 unspecified atom stereocenters. The van der Waals surface area contributed by atoms with Crippen LogP contribution in [0.1, 0.15) is 5.56 Å². The van der Waals surface area contributed by atoms with Crippen LogP contribution < -0.4 is 15.3 Å². The van der Waals surface area contributed by atoms with Gasteiger partial charge in [0.25, 0.3) is 10.0 Å². The number of hydrogen-bond acceptors (Lipinski definition) is 6. The summed E-state index contributed by atoms with van der Waals surface area (Å²) >= 11 is 0. The second-order valence-electron chi connectivity index (χ2n) is 5.07. The molecule has 0 aromatic heterocycles. The first-order chi connectivity index (χ1) is 9.96. The molecule has 8 heteroatoms. The molecule has 0 radical (unpaired) electrons. The van der Waals surface area contributed by atoms with Crippen LogP contribution in [0.15, 0.2) is 23.1 Å². The van der Waals surface area contributed by atoms with E-state index in [9.17, 15) is 8.42 Å². The summed E-state index contributed by atoms with van der Waals surface area (Å²) in [5.41, 5.74) is 6.39. The molecule has 1 aromatic rings. The van der Waals surface area contributed by atoms with Crippen LogP contribution in [0.2, 0.25) is 0 Å². The van der Waals surface area contributed by atoms with E-state index in [-0.39, 0.29) is 4.90 Å². The fourth-order valence-electron chi connectivity index (χ4n) is 2.18. The van der Waals surface area contributed by atoms with Crippen LogP contribution in [-0.4, -0.2) is 58.7 Å². The Hall–Kier alpha value is -1.19. The van der Waals surface area contributed by atoms with Crippen molar-refractivity contribution in [1.29, 1.82) is 0 Å². The van der Waals surface area contributed by atoms with Gasteiger partial charge in [0.1, 0.15) is 10.6 Å². The molecular formula is C13H22N4O3S. The molecule has 21 heavy (non-hydrogen) atoms. The van der Waals surface area contributed by atoms with Crippen LogP contribution in [0.4, 0.5) is 0 Å². The number of nitrogens with zero attached hydrogens (tertiary/aromatic N) is 2. The van der Waals surface area contributed by atoms with Crippen molar-refractivity contribution in [2.24, 2.45) is 5.73 Å². The van der Waals surface area contributed by atoms with Crippen molar-refractivity contribution in [2.75, 3.05) is 40.3 Å². The number of sulfonamides is 1. The second-order valence-corrected chi connectivity index (χ2v) is 6.70. The predicted octanol–water partition coefficient (Wildman–Crippen LogP) is -0.405. The Balaban J connectivity index is 2.19. The van der Waals surface area contributed by atoms with Gasteiger partial charge >= 0.3 is 0 Å². The Labute approximate surface area is 125 Å². The zero-order chi connectivity index (χ0) is 15.5. The number of hydrazine groups is 1. The van der Waals surface area contributed by atoms with Crippen LogP contribution in [0.3, 0.4) is 0 Å². The maximum Gasteiger partial charge on any atom is 0.257 e. The lowest BCUT2D eigenvalue weighted by atomic mass is 10.2. The third-order valence-corrected chi connectivity index (χ3v) is 4.92. The molecule has 2 rings (SSSR count). The molecule has 0 atom stereocenters. The smallest absolute Gasteiger partial charge is 0.257 e. The highest BCUT2D eigenvalue weighted by atomic mass is 32.2. The molecule has 1 saturated heterocycles. The molecule has 1 aliphatic rings. The van der Waals surface area contributed by atoms with Gasteiger partial charge in [-0.3, -0.25) is 0 Å². The molecule has 0 saturated carbocycles. The molecular weight excluding hydrogens is 292 g/mol. The molecule has 1 aromatic carbocycles. The van der Waals surface area contributed by atoms with Crippen molar-refractivity contribution in [3.8, 4) is 5.75 Å². The van der Waals surface area contributed by atoms with Crippen molar-refractivity contribution in [3.05, 3.63) is 23.8 Å². The van der Waals surface area contributed by atoms with Crippen molar-refractivity contribution >= 4 is 10.0 Å². The van der Waals surface area contributed by atoms with Gasteiger partial charge in [-0.05, 0) is 24.7 Å². The number of rotatable bonds is 5. The average Bonchev–Trinajstić information content (AvgIpc) is 2.48. The van der Waals surface area contributed by atoms with Crippen LogP contribution >= 0.6 is 0 Å². The minimum Gasteiger partial charge on any atom is -0.495 e. The molecule has 1 heterocycles. The van der Waals surface area contributed by atoms with Crippen LogP contribution in [0.5, 0.6) is 5.75 Å². The molecule has 1 aliphatic heterocycles. The summed E-state index contributed by atoms with van der Waals surface area (Å²) in [6.07, 6.45) is 0. The number of likely N-dealkylation sites (N-methyl/N-ethyl adjacent to an activating group) is 1. The first kappa shape index (κ1) is 16.2. The van der Waals surface area contributed by atoms with E-state index >= 15 is 0 Å². The van der Waals surface area contributed by atoms with E-state index in [0.29, 0.717) is 25.4 Å². The Morgan fingerprint density at radius 1 is 1.29 bits per heavy atom. The van der Waals surface area contributed by atoms with E-state index in [1.165, 1.54) is 13.2 Å². The second kappa shape index (κ2) is 6.71. The Kier molecular flexibility index (Phi) is 5.17. The highest BCUT2D eigenvalue weighted by molar-refractivity contribution is 7.89. The number of piperazine rings is 1. The minimum atomic E-state index is -3.65. The molecule has 0 bridgehead atoms. The number of benzene rings is 1. The zero-order valence-electron chi connectivity index (χ0n) is 12.4. The van der Waals surface area contributed by atoms with Gasteiger partial charge in [-0.2, -0.15) is 0 Å². The molecule has 0 spiro atoms. The van der Waals surface area contributed by atoms with Gasteiger partial charge in [-0.1, -0.05) is 6.07 Å². The highest BCUT2D eigenvalue weighted by Crippen LogP contribution is 2.25. The van der Waals surface area contributed by atoms with Crippen LogP contribution in [-0.2, 0) is 16.6 Å². The summed E-state index contributed by atoms with van der Waals surface area (Å²) in [4.78, 5) is 4.89. The number of nitrogens with two attached hydrogens (primary N) is 1. The minimum absolute atomic E-state index is 0.126. The van der Waals surface area contributed by atoms with E-state index in [0.717, 1.165) is 18.7 Å². The largest absolute Gasteiger partial charge is 0.495 e. The number of hydrogen-bond donors (Lipinski definition) is 2. The normalized spacial score (nSPS) is 17.9. The van der Waals surface area contributed by atoms with E-state index in [1.54, 1.807) is 17.1 Å². The number of ether oxygens (including phenoxy) is 1. The summed E-state index contributed by atoms with van der Waals surface area (Å²) in [6.45, 7) is 3.29. The summed E-state index contributed by atoms with van der Waals surface area (Å²) < 4.78 is 30.1. The molecule has 7 nitrogen and oxygen atoms in total. The SMILES string of the molecule is COc1cc(CN)ccc1S(=O)(=O)NN1CCN(C)CC1. The predicted molar refractivity (Wildman–Crippen MR) is 80.3 cm³/mol. The van der Waals surface area contributed by atoms with Gasteiger partial charge < -0.3 is 15.4 Å². The monoisotopic (exact) mass is 314 g/mol. The molecule has 118 valence electrons. The van der Waals surface area contributed by atoms with Gasteiger partial charge in [-0.25, -0.2) is 13.4 Å². The summed E-state index contributed by atoms with van der Waals surface area (Å²) in [6, 6.07) is 4.87. The molecule has 0 amide bonds. The van der Waals surface area contributed by atoms with Crippen molar-refractivity contribution in [1.82, 2.24) is 14.7 Å². The third kappa shape index (κ3) is 3.92. The Bertz CT molecular complexity index is 583. The van der Waals surface area contributed by atoms with E-state index in [4.69, 9.17) is 10.5 Å². The Morgan fingerprint density at radius 2 is 1.95 bits per heavy atom. The lowest BCUT2D eigenvalue weighted by Gasteiger charge is -2.32. The topological polar surface area (TPSA) is 87.9 Å². The first-order valence-corrected chi connectivity index (χ1v) is 8.27. The number of nitrogens with one attached hydrogen (secondary N) is 1. The fourth-order valence-corrected chi connectivity index (χ4v) is 3.45. The van der Waals surface area contributed by atoms with Crippen molar-refractivity contribution in [3.63, 3.8) is 0 Å².